The third-order valence-electron chi connectivity index (χ3n) is 2.98. The second kappa shape index (κ2) is 4.35. The minimum atomic E-state index is 0.0345. The van der Waals surface area contributed by atoms with Gasteiger partial charge in [0.2, 0.25) is 0 Å². The highest BCUT2D eigenvalue weighted by Crippen LogP contribution is 2.29. The zero-order valence-corrected chi connectivity index (χ0v) is 10.7. The molecule has 2 aliphatic rings. The Morgan fingerprint density at radius 1 is 1.41 bits per heavy atom. The molecule has 17 heavy (non-hydrogen) atoms. The van der Waals surface area contributed by atoms with E-state index in [9.17, 15) is 4.79 Å². The van der Waals surface area contributed by atoms with Gasteiger partial charge in [0.15, 0.2) is 0 Å². The maximum Gasteiger partial charge on any atom is 0.252 e. The lowest BCUT2D eigenvalue weighted by Gasteiger charge is -2.13. The zero-order valence-electron chi connectivity index (χ0n) is 9.10. The monoisotopic (exact) mass is 266 g/mol. The molecule has 88 valence electrons. The Balaban J connectivity index is 1.76. The van der Waals surface area contributed by atoms with E-state index < -0.39 is 0 Å². The number of benzene rings is 1. The first kappa shape index (κ1) is 11.1. The van der Waals surface area contributed by atoms with Gasteiger partial charge in [0.25, 0.3) is 5.91 Å². The lowest BCUT2D eigenvalue weighted by atomic mass is 10.1. The molecule has 1 atom stereocenters. The normalized spacial score (nSPS) is 22.9. The summed E-state index contributed by atoms with van der Waals surface area (Å²) in [6.07, 6.45) is 0. The molecule has 3 rings (SSSR count). The molecule has 0 radical (unpaired) electrons. The number of nitrogens with zero attached hydrogens (tertiary/aromatic N) is 2. The van der Waals surface area contributed by atoms with Gasteiger partial charge in [0, 0.05) is 16.5 Å². The van der Waals surface area contributed by atoms with Gasteiger partial charge in [0.05, 0.1) is 18.2 Å². The third kappa shape index (κ3) is 2.07. The molecule has 3 nitrogen and oxygen atoms in total. The van der Waals surface area contributed by atoms with Crippen molar-refractivity contribution < 1.29 is 4.79 Å². The summed E-state index contributed by atoms with van der Waals surface area (Å²) < 4.78 is 0. The number of thioether (sulfide) groups is 1. The molecule has 0 spiro atoms. The van der Waals surface area contributed by atoms with Crippen LogP contribution in [0.3, 0.4) is 0 Å². The van der Waals surface area contributed by atoms with E-state index in [-0.39, 0.29) is 11.8 Å². The number of carbonyl (C=O) groups is 1. The van der Waals surface area contributed by atoms with Crippen molar-refractivity contribution in [1.29, 1.82) is 0 Å². The van der Waals surface area contributed by atoms with Crippen LogP contribution in [-0.4, -0.2) is 28.1 Å². The summed E-state index contributed by atoms with van der Waals surface area (Å²) in [7, 11) is 0. The molecule has 2 heterocycles. The van der Waals surface area contributed by atoms with Crippen LogP contribution >= 0.6 is 23.4 Å². The minimum Gasteiger partial charge on any atom is -0.272 e. The van der Waals surface area contributed by atoms with E-state index in [2.05, 4.69) is 5.10 Å². The van der Waals surface area contributed by atoms with E-state index in [4.69, 9.17) is 11.6 Å². The third-order valence-corrected chi connectivity index (χ3v) is 4.30. The van der Waals surface area contributed by atoms with E-state index in [0.29, 0.717) is 11.6 Å². The molecule has 1 aromatic rings. The Morgan fingerprint density at radius 2 is 2.18 bits per heavy atom. The summed E-state index contributed by atoms with van der Waals surface area (Å²) in [5.74, 6) is 1.95. The van der Waals surface area contributed by atoms with Crippen molar-refractivity contribution in [2.75, 3.05) is 11.5 Å². The van der Waals surface area contributed by atoms with Crippen molar-refractivity contribution in [1.82, 2.24) is 5.01 Å². The summed E-state index contributed by atoms with van der Waals surface area (Å²) in [5.41, 5.74) is 2.09. The molecule has 5 heteroatoms. The first-order valence-corrected chi connectivity index (χ1v) is 6.98. The van der Waals surface area contributed by atoms with Gasteiger partial charge in [-0.2, -0.15) is 16.9 Å². The molecule has 2 aliphatic heterocycles. The molecule has 1 unspecified atom stereocenters. The molecule has 0 aromatic heterocycles. The number of hydrogen-bond acceptors (Lipinski definition) is 3. The molecule has 0 N–H and O–H groups in total. The molecule has 1 fully saturated rings. The Kier molecular flexibility index (Phi) is 2.84. The Hall–Kier alpha value is -1.00. The lowest BCUT2D eigenvalue weighted by molar-refractivity contribution is -0.131. The second-order valence-corrected chi connectivity index (χ2v) is 5.65. The van der Waals surface area contributed by atoms with Crippen LogP contribution in [0.1, 0.15) is 5.56 Å². The summed E-state index contributed by atoms with van der Waals surface area (Å²) in [6.45, 7) is 0.542. The Labute approximate surface area is 109 Å². The van der Waals surface area contributed by atoms with Crippen LogP contribution in [0.5, 0.6) is 0 Å². The van der Waals surface area contributed by atoms with Crippen molar-refractivity contribution in [3.63, 3.8) is 0 Å². The van der Waals surface area contributed by atoms with Crippen molar-refractivity contribution in [3.05, 3.63) is 34.9 Å². The van der Waals surface area contributed by atoms with Gasteiger partial charge in [-0.3, -0.25) is 4.79 Å². The number of hydrogen-bond donors (Lipinski definition) is 0. The SMILES string of the molecule is O=C1C2CSCC2=NN1Cc1ccc(Cl)cc1. The largest absolute Gasteiger partial charge is 0.272 e. The maximum atomic E-state index is 12.0. The van der Waals surface area contributed by atoms with E-state index in [1.165, 1.54) is 0 Å². The van der Waals surface area contributed by atoms with Gasteiger partial charge in [-0.25, -0.2) is 5.01 Å². The van der Waals surface area contributed by atoms with Gasteiger partial charge in [-0.05, 0) is 17.7 Å². The Morgan fingerprint density at radius 3 is 2.88 bits per heavy atom. The fourth-order valence-electron chi connectivity index (χ4n) is 2.05. The number of carbonyl (C=O) groups excluding carboxylic acids is 1. The second-order valence-electron chi connectivity index (χ2n) is 4.18. The number of hydrazone groups is 1. The van der Waals surface area contributed by atoms with Crippen LogP contribution in [-0.2, 0) is 11.3 Å². The van der Waals surface area contributed by atoms with E-state index in [1.807, 2.05) is 24.3 Å². The number of amides is 1. The van der Waals surface area contributed by atoms with Gasteiger partial charge in [-0.1, -0.05) is 23.7 Å². The molecule has 0 saturated carbocycles. The highest BCUT2D eigenvalue weighted by molar-refractivity contribution is 8.00. The van der Waals surface area contributed by atoms with Crippen molar-refractivity contribution >= 4 is 35.0 Å². The van der Waals surface area contributed by atoms with E-state index in [1.54, 1.807) is 16.8 Å². The predicted octanol–water partition coefficient (Wildman–Crippen LogP) is 2.40. The van der Waals surface area contributed by atoms with E-state index >= 15 is 0 Å². The van der Waals surface area contributed by atoms with Crippen LogP contribution in [0.25, 0.3) is 0 Å². The predicted molar refractivity (Wildman–Crippen MR) is 70.3 cm³/mol. The summed E-state index contributed by atoms with van der Waals surface area (Å²) in [4.78, 5) is 12.0. The smallest absolute Gasteiger partial charge is 0.252 e. The van der Waals surface area contributed by atoms with Crippen molar-refractivity contribution in [2.24, 2.45) is 11.0 Å². The molecular formula is C12H11ClN2OS. The van der Waals surface area contributed by atoms with E-state index in [0.717, 1.165) is 22.8 Å². The summed E-state index contributed by atoms with van der Waals surface area (Å²) in [5, 5.41) is 6.69. The summed E-state index contributed by atoms with van der Waals surface area (Å²) in [6, 6.07) is 7.53. The highest BCUT2D eigenvalue weighted by Gasteiger charge is 2.38. The summed E-state index contributed by atoms with van der Waals surface area (Å²) >= 11 is 7.61. The average molecular weight is 267 g/mol. The van der Waals surface area contributed by atoms with Gasteiger partial charge in [0.1, 0.15) is 0 Å². The minimum absolute atomic E-state index is 0.0345. The molecule has 1 saturated heterocycles. The quantitative estimate of drug-likeness (QED) is 0.823. The van der Waals surface area contributed by atoms with Crippen molar-refractivity contribution in [2.45, 2.75) is 6.54 Å². The van der Waals surface area contributed by atoms with Crippen LogP contribution in [0, 0.1) is 5.92 Å². The topological polar surface area (TPSA) is 32.7 Å². The molecule has 0 aliphatic carbocycles. The van der Waals surface area contributed by atoms with Crippen LogP contribution in [0.4, 0.5) is 0 Å². The zero-order chi connectivity index (χ0) is 11.8. The molecular weight excluding hydrogens is 256 g/mol. The first-order chi connectivity index (χ1) is 8.24. The number of fused-ring (bicyclic) bond motifs is 1. The van der Waals surface area contributed by atoms with Crippen molar-refractivity contribution in [3.8, 4) is 0 Å². The molecule has 1 amide bonds. The van der Waals surface area contributed by atoms with Crippen LogP contribution in [0.2, 0.25) is 5.02 Å². The standard InChI is InChI=1S/C12H11ClN2OS/c13-9-3-1-8(2-4-9)5-15-12(16)10-6-17-7-11(10)14-15/h1-4,10H,5-7H2. The average Bonchev–Trinajstić information content (AvgIpc) is 2.87. The number of rotatable bonds is 2. The van der Waals surface area contributed by atoms with Gasteiger partial charge >= 0.3 is 0 Å². The van der Waals surface area contributed by atoms with Crippen LogP contribution in [0.15, 0.2) is 29.4 Å². The first-order valence-electron chi connectivity index (χ1n) is 5.45. The fraction of sp³-hybridized carbons (Fsp3) is 0.333. The molecule has 0 bridgehead atoms. The highest BCUT2D eigenvalue weighted by atomic mass is 35.5. The fourth-order valence-corrected chi connectivity index (χ4v) is 3.33. The van der Waals surface area contributed by atoms with Gasteiger partial charge in [-0.15, -0.1) is 0 Å². The van der Waals surface area contributed by atoms with Crippen LogP contribution < -0.4 is 0 Å². The maximum absolute atomic E-state index is 12.0. The molecule has 1 aromatic carbocycles. The lowest BCUT2D eigenvalue weighted by Crippen LogP contribution is -2.27. The number of halogens is 1. The Bertz CT molecular complexity index is 486. The van der Waals surface area contributed by atoms with Gasteiger partial charge < -0.3 is 0 Å².